The molecule has 0 saturated carbocycles. The summed E-state index contributed by atoms with van der Waals surface area (Å²) >= 11 is 0. The average molecular weight is 268 g/mol. The summed E-state index contributed by atoms with van der Waals surface area (Å²) in [6, 6.07) is 8.27. The number of hydrogen-bond acceptors (Lipinski definition) is 4. The average Bonchev–Trinajstić information content (AvgIpc) is 2.29. The van der Waals surface area contributed by atoms with Crippen molar-refractivity contribution in [3.8, 4) is 0 Å². The van der Waals surface area contributed by atoms with Gasteiger partial charge in [0.1, 0.15) is 6.61 Å². The van der Waals surface area contributed by atoms with E-state index in [-0.39, 0.29) is 18.3 Å². The Hall–Kier alpha value is -1.62. The Bertz CT molecular complexity index is 529. The van der Waals surface area contributed by atoms with Gasteiger partial charge in [-0.3, -0.25) is 4.79 Å². The Morgan fingerprint density at radius 3 is 2.39 bits per heavy atom. The zero-order valence-electron chi connectivity index (χ0n) is 10.4. The molecule has 0 spiro atoms. The third-order valence-electron chi connectivity index (χ3n) is 2.24. The van der Waals surface area contributed by atoms with Crippen LogP contribution in [0.5, 0.6) is 0 Å². The van der Waals surface area contributed by atoms with E-state index in [1.165, 1.54) is 6.92 Å². The second-order valence-electron chi connectivity index (χ2n) is 3.93. The summed E-state index contributed by atoms with van der Waals surface area (Å²) in [4.78, 5) is 10.9. The Morgan fingerprint density at radius 1 is 1.22 bits per heavy atom. The van der Waals surface area contributed by atoms with Gasteiger partial charge < -0.3 is 4.74 Å². The molecule has 0 amide bonds. The van der Waals surface area contributed by atoms with E-state index in [0.717, 1.165) is 0 Å². The lowest BCUT2D eigenvalue weighted by Crippen LogP contribution is -2.08. The van der Waals surface area contributed by atoms with Crippen molar-refractivity contribution in [2.45, 2.75) is 18.7 Å². The van der Waals surface area contributed by atoms with Gasteiger partial charge in [-0.1, -0.05) is 23.8 Å². The van der Waals surface area contributed by atoms with Crippen LogP contribution in [-0.4, -0.2) is 26.7 Å². The highest BCUT2D eigenvalue weighted by molar-refractivity contribution is 7.91. The molecular weight excluding hydrogens is 252 g/mol. The van der Waals surface area contributed by atoms with Crippen LogP contribution in [0.15, 0.2) is 46.9 Å². The number of rotatable bonds is 5. The van der Waals surface area contributed by atoms with E-state index in [9.17, 15) is 13.2 Å². The van der Waals surface area contributed by atoms with Gasteiger partial charge in [0.05, 0.1) is 10.6 Å². The summed E-state index contributed by atoms with van der Waals surface area (Å²) in [5.41, 5.74) is 0.653. The maximum atomic E-state index is 12.0. The molecule has 0 N–H and O–H groups in total. The predicted octanol–water partition coefficient (Wildman–Crippen LogP) is 1.97. The van der Waals surface area contributed by atoms with E-state index < -0.39 is 9.84 Å². The lowest BCUT2D eigenvalue weighted by molar-refractivity contribution is -0.139. The molecule has 0 atom stereocenters. The number of esters is 1. The number of carbonyl (C=O) groups excluding carboxylic acids is 1. The van der Waals surface area contributed by atoms with Crippen LogP contribution in [0, 0.1) is 0 Å². The molecule has 1 aromatic carbocycles. The van der Waals surface area contributed by atoms with Crippen molar-refractivity contribution >= 4 is 15.8 Å². The van der Waals surface area contributed by atoms with Crippen molar-refractivity contribution in [2.75, 3.05) is 12.4 Å². The number of sulfone groups is 1. The summed E-state index contributed by atoms with van der Waals surface area (Å²) in [6.45, 7) is 3.11. The summed E-state index contributed by atoms with van der Waals surface area (Å²) in [5.74, 6) is -0.455. The third kappa shape index (κ3) is 4.71. The first-order valence-corrected chi connectivity index (χ1v) is 7.14. The normalized spacial score (nSPS) is 12.2. The van der Waals surface area contributed by atoms with Crippen molar-refractivity contribution in [1.82, 2.24) is 0 Å². The maximum Gasteiger partial charge on any atom is 0.302 e. The molecular formula is C13H16O4S. The van der Waals surface area contributed by atoms with E-state index >= 15 is 0 Å². The van der Waals surface area contributed by atoms with Crippen molar-refractivity contribution < 1.29 is 17.9 Å². The fourth-order valence-corrected chi connectivity index (χ4v) is 2.83. The molecule has 0 bridgehead atoms. The molecule has 0 aromatic heterocycles. The van der Waals surface area contributed by atoms with Crippen molar-refractivity contribution in [3.05, 3.63) is 42.0 Å². The van der Waals surface area contributed by atoms with Gasteiger partial charge in [0.25, 0.3) is 0 Å². The first kappa shape index (κ1) is 14.4. The van der Waals surface area contributed by atoms with Crippen LogP contribution in [0.3, 0.4) is 0 Å². The second kappa shape index (κ2) is 6.35. The highest BCUT2D eigenvalue weighted by Crippen LogP contribution is 2.13. The Kier molecular flexibility index (Phi) is 5.09. The first-order valence-electron chi connectivity index (χ1n) is 5.48. The van der Waals surface area contributed by atoms with Gasteiger partial charge in [-0.15, -0.1) is 0 Å². The fraction of sp³-hybridized carbons (Fsp3) is 0.308. The number of hydrogen-bond donors (Lipinski definition) is 0. The van der Waals surface area contributed by atoms with Crippen molar-refractivity contribution in [2.24, 2.45) is 0 Å². The van der Waals surface area contributed by atoms with Crippen molar-refractivity contribution in [1.29, 1.82) is 0 Å². The van der Waals surface area contributed by atoms with Gasteiger partial charge >= 0.3 is 5.97 Å². The lowest BCUT2D eigenvalue weighted by atomic mass is 10.3. The standard InChI is InChI=1S/C13H16O4S/c1-11(8-9-17-12(2)14)10-18(15,16)13-6-4-3-5-7-13/h3-8H,9-10H2,1-2H3. The number of carbonyl (C=O) groups is 1. The van der Waals surface area contributed by atoms with Crippen LogP contribution >= 0.6 is 0 Å². The summed E-state index contributed by atoms with van der Waals surface area (Å²) < 4.78 is 28.7. The van der Waals surface area contributed by atoms with E-state index in [0.29, 0.717) is 10.5 Å². The Balaban J connectivity index is 2.69. The van der Waals surface area contributed by atoms with Crippen LogP contribution in [0.2, 0.25) is 0 Å². The molecule has 18 heavy (non-hydrogen) atoms. The molecule has 1 rings (SSSR count). The van der Waals surface area contributed by atoms with Crippen LogP contribution < -0.4 is 0 Å². The minimum absolute atomic E-state index is 0.0712. The topological polar surface area (TPSA) is 60.4 Å². The van der Waals surface area contributed by atoms with E-state index in [2.05, 4.69) is 0 Å². The van der Waals surface area contributed by atoms with Gasteiger partial charge in [-0.25, -0.2) is 8.42 Å². The van der Waals surface area contributed by atoms with Crippen LogP contribution in [-0.2, 0) is 19.4 Å². The van der Waals surface area contributed by atoms with E-state index in [4.69, 9.17) is 4.74 Å². The summed E-state index contributed by atoms with van der Waals surface area (Å²) in [6.07, 6.45) is 1.60. The third-order valence-corrected chi connectivity index (χ3v) is 4.06. The molecule has 4 nitrogen and oxygen atoms in total. The van der Waals surface area contributed by atoms with Gasteiger partial charge in [-0.2, -0.15) is 0 Å². The monoisotopic (exact) mass is 268 g/mol. The largest absolute Gasteiger partial charge is 0.462 e. The van der Waals surface area contributed by atoms with E-state index in [1.807, 2.05) is 0 Å². The molecule has 0 saturated heterocycles. The smallest absolute Gasteiger partial charge is 0.302 e. The molecule has 0 aliphatic heterocycles. The second-order valence-corrected chi connectivity index (χ2v) is 5.91. The Morgan fingerprint density at radius 2 is 1.83 bits per heavy atom. The highest BCUT2D eigenvalue weighted by atomic mass is 32.2. The molecule has 0 unspecified atom stereocenters. The predicted molar refractivity (Wildman–Crippen MR) is 68.9 cm³/mol. The maximum absolute atomic E-state index is 12.0. The molecule has 98 valence electrons. The molecule has 0 fully saturated rings. The summed E-state index contributed by atoms with van der Waals surface area (Å²) in [7, 11) is -3.32. The van der Waals surface area contributed by atoms with Crippen LogP contribution in [0.4, 0.5) is 0 Å². The number of benzene rings is 1. The van der Waals surface area contributed by atoms with Gasteiger partial charge in [0.2, 0.25) is 0 Å². The van der Waals surface area contributed by atoms with Crippen LogP contribution in [0.25, 0.3) is 0 Å². The molecule has 5 heteroatoms. The zero-order chi connectivity index (χ0) is 13.6. The molecule has 0 radical (unpaired) electrons. The zero-order valence-corrected chi connectivity index (χ0v) is 11.2. The SMILES string of the molecule is CC(=O)OCC=C(C)CS(=O)(=O)c1ccccc1. The quantitative estimate of drug-likeness (QED) is 0.605. The first-order chi connectivity index (χ1) is 8.42. The minimum atomic E-state index is -3.32. The molecule has 0 heterocycles. The van der Waals surface area contributed by atoms with Gasteiger partial charge in [0, 0.05) is 6.92 Å². The minimum Gasteiger partial charge on any atom is -0.462 e. The highest BCUT2D eigenvalue weighted by Gasteiger charge is 2.14. The lowest BCUT2D eigenvalue weighted by Gasteiger charge is -2.05. The fourth-order valence-electron chi connectivity index (χ4n) is 1.37. The summed E-state index contributed by atoms with van der Waals surface area (Å²) in [5, 5.41) is 0. The van der Waals surface area contributed by atoms with Crippen molar-refractivity contribution in [3.63, 3.8) is 0 Å². The van der Waals surface area contributed by atoms with Gasteiger partial charge in [0.15, 0.2) is 9.84 Å². The Labute approximate surface area is 107 Å². The van der Waals surface area contributed by atoms with Crippen LogP contribution in [0.1, 0.15) is 13.8 Å². The molecule has 1 aromatic rings. The molecule has 0 aliphatic carbocycles. The molecule has 0 aliphatic rings. The van der Waals surface area contributed by atoms with Gasteiger partial charge in [-0.05, 0) is 25.1 Å². The van der Waals surface area contributed by atoms with E-state index in [1.54, 1.807) is 43.3 Å². The number of ether oxygens (including phenoxy) is 1.